The molecule has 0 aliphatic rings. The van der Waals surface area contributed by atoms with Crippen molar-refractivity contribution < 1.29 is 5.11 Å². The summed E-state index contributed by atoms with van der Waals surface area (Å²) in [7, 11) is 0. The van der Waals surface area contributed by atoms with Gasteiger partial charge in [-0.05, 0) is 43.7 Å². The second-order valence-corrected chi connectivity index (χ2v) is 4.67. The van der Waals surface area contributed by atoms with Crippen LogP contribution >= 0.6 is 11.6 Å². The Hall–Kier alpha value is -1.74. The second-order valence-electron chi connectivity index (χ2n) is 4.23. The van der Waals surface area contributed by atoms with Crippen LogP contribution in [0, 0.1) is 13.8 Å². The molecule has 1 aromatic carbocycles. The van der Waals surface area contributed by atoms with E-state index in [2.05, 4.69) is 10.3 Å². The van der Waals surface area contributed by atoms with E-state index in [1.807, 2.05) is 32.0 Å². The zero-order valence-corrected chi connectivity index (χ0v) is 11.1. The first-order valence-electron chi connectivity index (χ1n) is 5.72. The number of rotatable bonds is 3. The van der Waals surface area contributed by atoms with E-state index >= 15 is 0 Å². The Balaban J connectivity index is 2.16. The fourth-order valence-electron chi connectivity index (χ4n) is 1.70. The van der Waals surface area contributed by atoms with Crippen LogP contribution in [0.5, 0.6) is 5.75 Å². The van der Waals surface area contributed by atoms with Crippen LogP contribution in [0.25, 0.3) is 0 Å². The molecule has 2 rings (SSSR count). The third kappa shape index (κ3) is 2.93. The Labute approximate surface area is 111 Å². The molecular formula is C14H15ClN2O. The number of halogens is 1. The fourth-order valence-corrected chi connectivity index (χ4v) is 1.87. The number of aryl methyl sites for hydroxylation is 2. The SMILES string of the molecule is Cc1ccc(O)c(CNc2cc(Cl)ccc2C)n1. The van der Waals surface area contributed by atoms with E-state index in [4.69, 9.17) is 11.6 Å². The van der Waals surface area contributed by atoms with Crippen LogP contribution in [0.15, 0.2) is 30.3 Å². The summed E-state index contributed by atoms with van der Waals surface area (Å²) >= 11 is 5.95. The van der Waals surface area contributed by atoms with Crippen LogP contribution in [0.2, 0.25) is 5.02 Å². The summed E-state index contributed by atoms with van der Waals surface area (Å²) < 4.78 is 0. The smallest absolute Gasteiger partial charge is 0.138 e. The Bertz CT molecular complexity index is 518. The molecule has 2 N–H and O–H groups in total. The molecule has 0 fully saturated rings. The van der Waals surface area contributed by atoms with Gasteiger partial charge in [0.2, 0.25) is 0 Å². The number of hydrogen-bond donors (Lipinski definition) is 2. The van der Waals surface area contributed by atoms with Crippen LogP contribution in [-0.4, -0.2) is 10.1 Å². The van der Waals surface area contributed by atoms with Gasteiger partial charge in [0.05, 0.1) is 6.54 Å². The number of aromatic nitrogens is 1. The van der Waals surface area contributed by atoms with Gasteiger partial charge in [-0.3, -0.25) is 4.98 Å². The molecule has 0 amide bonds. The lowest BCUT2D eigenvalue weighted by atomic mass is 10.2. The van der Waals surface area contributed by atoms with E-state index in [1.165, 1.54) is 0 Å². The maximum absolute atomic E-state index is 9.71. The Morgan fingerprint density at radius 2 is 2.00 bits per heavy atom. The minimum absolute atomic E-state index is 0.202. The van der Waals surface area contributed by atoms with Gasteiger partial charge in [-0.1, -0.05) is 17.7 Å². The van der Waals surface area contributed by atoms with Gasteiger partial charge in [-0.2, -0.15) is 0 Å². The molecule has 0 radical (unpaired) electrons. The molecule has 0 unspecified atom stereocenters. The summed E-state index contributed by atoms with van der Waals surface area (Å²) in [5, 5.41) is 13.6. The Morgan fingerprint density at radius 1 is 1.22 bits per heavy atom. The molecule has 0 saturated carbocycles. The largest absolute Gasteiger partial charge is 0.506 e. The maximum Gasteiger partial charge on any atom is 0.138 e. The molecule has 4 heteroatoms. The summed E-state index contributed by atoms with van der Waals surface area (Å²) in [5.74, 6) is 0.202. The van der Waals surface area contributed by atoms with Crippen molar-refractivity contribution in [2.45, 2.75) is 20.4 Å². The minimum Gasteiger partial charge on any atom is -0.506 e. The lowest BCUT2D eigenvalue weighted by molar-refractivity contribution is 0.464. The lowest BCUT2D eigenvalue weighted by Crippen LogP contribution is -2.04. The standard InChI is InChI=1S/C14H15ClN2O/c1-9-3-5-11(15)7-12(9)16-8-13-14(18)6-4-10(2)17-13/h3-7,16,18H,8H2,1-2H3. The van der Waals surface area contributed by atoms with Crippen molar-refractivity contribution in [2.75, 3.05) is 5.32 Å². The molecule has 0 bridgehead atoms. The van der Waals surface area contributed by atoms with Crippen molar-refractivity contribution in [3.8, 4) is 5.75 Å². The number of anilines is 1. The fraction of sp³-hybridized carbons (Fsp3) is 0.214. The first-order chi connectivity index (χ1) is 8.56. The van der Waals surface area contributed by atoms with Gasteiger partial charge in [0.15, 0.2) is 0 Å². The van der Waals surface area contributed by atoms with E-state index in [0.29, 0.717) is 17.3 Å². The number of nitrogens with zero attached hydrogens (tertiary/aromatic N) is 1. The predicted molar refractivity (Wildman–Crippen MR) is 74.2 cm³/mol. The highest BCUT2D eigenvalue weighted by molar-refractivity contribution is 6.30. The van der Waals surface area contributed by atoms with Crippen molar-refractivity contribution in [1.29, 1.82) is 0 Å². The van der Waals surface area contributed by atoms with Crippen LogP contribution < -0.4 is 5.32 Å². The first kappa shape index (κ1) is 12.7. The number of aromatic hydroxyl groups is 1. The second kappa shape index (κ2) is 5.27. The normalized spacial score (nSPS) is 10.4. The van der Waals surface area contributed by atoms with E-state index in [9.17, 15) is 5.11 Å². The van der Waals surface area contributed by atoms with E-state index in [1.54, 1.807) is 12.1 Å². The number of benzene rings is 1. The van der Waals surface area contributed by atoms with Crippen molar-refractivity contribution in [1.82, 2.24) is 4.98 Å². The highest BCUT2D eigenvalue weighted by Gasteiger charge is 2.04. The molecule has 1 aromatic heterocycles. The van der Waals surface area contributed by atoms with Crippen molar-refractivity contribution in [2.24, 2.45) is 0 Å². The molecule has 0 atom stereocenters. The predicted octanol–water partition coefficient (Wildman–Crippen LogP) is 3.67. The maximum atomic E-state index is 9.71. The summed E-state index contributed by atoms with van der Waals surface area (Å²) in [5.41, 5.74) is 3.57. The molecular weight excluding hydrogens is 248 g/mol. The molecule has 18 heavy (non-hydrogen) atoms. The molecule has 2 aromatic rings. The molecule has 3 nitrogen and oxygen atoms in total. The Morgan fingerprint density at radius 3 is 2.78 bits per heavy atom. The minimum atomic E-state index is 0.202. The molecule has 0 aliphatic heterocycles. The summed E-state index contributed by atoms with van der Waals surface area (Å²) in [6.07, 6.45) is 0. The first-order valence-corrected chi connectivity index (χ1v) is 6.09. The van der Waals surface area contributed by atoms with Gasteiger partial charge in [0, 0.05) is 16.4 Å². The highest BCUT2D eigenvalue weighted by atomic mass is 35.5. The van der Waals surface area contributed by atoms with Gasteiger partial charge < -0.3 is 10.4 Å². The summed E-state index contributed by atoms with van der Waals surface area (Å²) in [4.78, 5) is 4.29. The number of nitrogens with one attached hydrogen (secondary N) is 1. The quantitative estimate of drug-likeness (QED) is 0.887. The van der Waals surface area contributed by atoms with Crippen LogP contribution in [-0.2, 0) is 6.54 Å². The zero-order valence-electron chi connectivity index (χ0n) is 10.4. The van der Waals surface area contributed by atoms with E-state index < -0.39 is 0 Å². The van der Waals surface area contributed by atoms with Gasteiger partial charge in [-0.15, -0.1) is 0 Å². The zero-order chi connectivity index (χ0) is 13.1. The summed E-state index contributed by atoms with van der Waals surface area (Å²) in [6, 6.07) is 9.11. The van der Waals surface area contributed by atoms with Gasteiger partial charge >= 0.3 is 0 Å². The molecule has 0 spiro atoms. The average Bonchev–Trinajstić information content (AvgIpc) is 2.34. The van der Waals surface area contributed by atoms with Crippen molar-refractivity contribution in [3.05, 3.63) is 52.3 Å². The average molecular weight is 263 g/mol. The molecule has 94 valence electrons. The molecule has 0 aliphatic carbocycles. The van der Waals surface area contributed by atoms with Crippen LogP contribution in [0.3, 0.4) is 0 Å². The number of hydrogen-bond acceptors (Lipinski definition) is 3. The molecule has 1 heterocycles. The topological polar surface area (TPSA) is 45.1 Å². The van der Waals surface area contributed by atoms with Crippen LogP contribution in [0.4, 0.5) is 5.69 Å². The third-order valence-electron chi connectivity index (χ3n) is 2.74. The van der Waals surface area contributed by atoms with E-state index in [0.717, 1.165) is 16.9 Å². The highest BCUT2D eigenvalue weighted by Crippen LogP contribution is 2.22. The molecule has 0 saturated heterocycles. The monoisotopic (exact) mass is 262 g/mol. The van der Waals surface area contributed by atoms with Crippen LogP contribution in [0.1, 0.15) is 17.0 Å². The third-order valence-corrected chi connectivity index (χ3v) is 2.97. The summed E-state index contributed by atoms with van der Waals surface area (Å²) in [6.45, 7) is 4.37. The van der Waals surface area contributed by atoms with Crippen molar-refractivity contribution >= 4 is 17.3 Å². The lowest BCUT2D eigenvalue weighted by Gasteiger charge is -2.11. The Kier molecular flexibility index (Phi) is 3.72. The van der Waals surface area contributed by atoms with Gasteiger partial charge in [-0.25, -0.2) is 0 Å². The van der Waals surface area contributed by atoms with E-state index in [-0.39, 0.29) is 5.75 Å². The van der Waals surface area contributed by atoms with Gasteiger partial charge in [0.25, 0.3) is 0 Å². The van der Waals surface area contributed by atoms with Gasteiger partial charge in [0.1, 0.15) is 11.4 Å². The number of pyridine rings is 1. The van der Waals surface area contributed by atoms with Crippen molar-refractivity contribution in [3.63, 3.8) is 0 Å².